The number of hydrogen-bond donors (Lipinski definition) is 1. The zero-order valence-electron chi connectivity index (χ0n) is 13.3. The maximum absolute atomic E-state index is 12.3. The SMILES string of the molecule is O=C(Nc1ccc(N2CCCCCC2)nc1)c1ccc(Cl)c(Cl)c1. The zero-order chi connectivity index (χ0) is 16.9. The first-order valence-corrected chi connectivity index (χ1v) is 8.86. The van der Waals surface area contributed by atoms with E-state index in [1.165, 1.54) is 25.7 Å². The minimum Gasteiger partial charge on any atom is -0.357 e. The molecule has 1 aliphatic heterocycles. The highest BCUT2D eigenvalue weighted by Crippen LogP contribution is 2.23. The minimum absolute atomic E-state index is 0.238. The molecule has 1 fully saturated rings. The van der Waals surface area contributed by atoms with Gasteiger partial charge in [0.1, 0.15) is 5.82 Å². The Bertz CT molecular complexity index is 711. The molecule has 1 saturated heterocycles. The predicted molar refractivity (Wildman–Crippen MR) is 99.3 cm³/mol. The Kier molecular flexibility index (Phi) is 5.59. The molecule has 0 saturated carbocycles. The van der Waals surface area contributed by atoms with Crippen LogP contribution in [0.5, 0.6) is 0 Å². The molecule has 3 rings (SSSR count). The molecule has 0 radical (unpaired) electrons. The molecule has 1 amide bonds. The molecule has 0 bridgehead atoms. The second-order valence-electron chi connectivity index (χ2n) is 5.89. The normalized spacial score (nSPS) is 15.0. The minimum atomic E-state index is -0.238. The van der Waals surface area contributed by atoms with Crippen LogP contribution in [0.1, 0.15) is 36.0 Å². The molecular weight excluding hydrogens is 345 g/mol. The largest absolute Gasteiger partial charge is 0.357 e. The molecule has 1 aromatic heterocycles. The van der Waals surface area contributed by atoms with E-state index < -0.39 is 0 Å². The van der Waals surface area contributed by atoms with Gasteiger partial charge in [0.15, 0.2) is 0 Å². The van der Waals surface area contributed by atoms with Crippen LogP contribution in [0.2, 0.25) is 10.0 Å². The van der Waals surface area contributed by atoms with Crippen molar-refractivity contribution in [2.75, 3.05) is 23.3 Å². The van der Waals surface area contributed by atoms with Crippen LogP contribution in [0, 0.1) is 0 Å². The fraction of sp³-hybridized carbons (Fsp3) is 0.333. The molecule has 0 spiro atoms. The Morgan fingerprint density at radius 3 is 2.38 bits per heavy atom. The van der Waals surface area contributed by atoms with Crippen LogP contribution < -0.4 is 10.2 Å². The summed E-state index contributed by atoms with van der Waals surface area (Å²) in [7, 11) is 0. The van der Waals surface area contributed by atoms with Gasteiger partial charge >= 0.3 is 0 Å². The Labute approximate surface area is 151 Å². The summed E-state index contributed by atoms with van der Waals surface area (Å²) < 4.78 is 0. The lowest BCUT2D eigenvalue weighted by Gasteiger charge is -2.21. The van der Waals surface area contributed by atoms with Crippen molar-refractivity contribution in [2.45, 2.75) is 25.7 Å². The molecular formula is C18H19Cl2N3O. The summed E-state index contributed by atoms with van der Waals surface area (Å²) in [5.41, 5.74) is 1.12. The van der Waals surface area contributed by atoms with E-state index in [0.29, 0.717) is 21.3 Å². The molecule has 0 atom stereocenters. The first-order valence-electron chi connectivity index (χ1n) is 8.11. The van der Waals surface area contributed by atoms with Gasteiger partial charge < -0.3 is 10.2 Å². The van der Waals surface area contributed by atoms with Crippen molar-refractivity contribution in [3.8, 4) is 0 Å². The molecule has 0 unspecified atom stereocenters. The number of amides is 1. The van der Waals surface area contributed by atoms with Crippen molar-refractivity contribution in [3.63, 3.8) is 0 Å². The van der Waals surface area contributed by atoms with Gasteiger partial charge in [-0.25, -0.2) is 4.98 Å². The lowest BCUT2D eigenvalue weighted by atomic mass is 10.2. The van der Waals surface area contributed by atoms with Crippen LogP contribution in [0.3, 0.4) is 0 Å². The summed E-state index contributed by atoms with van der Waals surface area (Å²) in [5, 5.41) is 3.61. The van der Waals surface area contributed by atoms with Crippen LogP contribution in [0.4, 0.5) is 11.5 Å². The third-order valence-electron chi connectivity index (χ3n) is 4.12. The number of halogens is 2. The maximum Gasteiger partial charge on any atom is 0.255 e. The van der Waals surface area contributed by atoms with E-state index in [0.717, 1.165) is 18.9 Å². The Morgan fingerprint density at radius 1 is 1.00 bits per heavy atom. The van der Waals surface area contributed by atoms with Crippen molar-refractivity contribution in [1.29, 1.82) is 0 Å². The number of hydrogen-bond acceptors (Lipinski definition) is 3. The van der Waals surface area contributed by atoms with Crippen molar-refractivity contribution >= 4 is 40.6 Å². The lowest BCUT2D eigenvalue weighted by Crippen LogP contribution is -2.24. The van der Waals surface area contributed by atoms with Crippen LogP contribution in [0.25, 0.3) is 0 Å². The van der Waals surface area contributed by atoms with E-state index in [9.17, 15) is 4.79 Å². The molecule has 4 nitrogen and oxygen atoms in total. The number of aromatic nitrogens is 1. The highest BCUT2D eigenvalue weighted by Gasteiger charge is 2.12. The summed E-state index contributed by atoms with van der Waals surface area (Å²) in [4.78, 5) is 19.0. The van der Waals surface area contributed by atoms with Gasteiger partial charge in [0, 0.05) is 18.7 Å². The van der Waals surface area contributed by atoms with Gasteiger partial charge in [-0.2, -0.15) is 0 Å². The number of benzene rings is 1. The van der Waals surface area contributed by atoms with Gasteiger partial charge in [0.2, 0.25) is 0 Å². The topological polar surface area (TPSA) is 45.2 Å². The smallest absolute Gasteiger partial charge is 0.255 e. The molecule has 1 aromatic carbocycles. The van der Waals surface area contributed by atoms with Crippen LogP contribution >= 0.6 is 23.2 Å². The van der Waals surface area contributed by atoms with E-state index in [-0.39, 0.29) is 5.91 Å². The number of nitrogens with zero attached hydrogens (tertiary/aromatic N) is 2. The number of rotatable bonds is 3. The summed E-state index contributed by atoms with van der Waals surface area (Å²) in [6, 6.07) is 8.64. The maximum atomic E-state index is 12.3. The number of nitrogens with one attached hydrogen (secondary N) is 1. The number of carbonyl (C=O) groups excluding carboxylic acids is 1. The average molecular weight is 364 g/mol. The second kappa shape index (κ2) is 7.86. The van der Waals surface area contributed by atoms with Crippen molar-refractivity contribution in [3.05, 3.63) is 52.1 Å². The molecule has 126 valence electrons. The standard InChI is InChI=1S/C18H19Cl2N3O/c19-15-7-5-13(11-16(15)20)18(24)22-14-6-8-17(21-12-14)23-9-3-1-2-4-10-23/h5-8,11-12H,1-4,9-10H2,(H,22,24). The first kappa shape index (κ1) is 17.1. The third-order valence-corrected chi connectivity index (χ3v) is 4.86. The fourth-order valence-electron chi connectivity index (χ4n) is 2.79. The van der Waals surface area contributed by atoms with Crippen molar-refractivity contribution in [2.24, 2.45) is 0 Å². The Morgan fingerprint density at radius 2 is 1.75 bits per heavy atom. The molecule has 2 heterocycles. The number of pyridine rings is 1. The van der Waals surface area contributed by atoms with E-state index >= 15 is 0 Å². The summed E-state index contributed by atoms with van der Waals surface area (Å²) >= 11 is 11.8. The Balaban J connectivity index is 1.67. The summed E-state index contributed by atoms with van der Waals surface area (Å²) in [6.45, 7) is 2.09. The van der Waals surface area contributed by atoms with E-state index in [1.54, 1.807) is 24.4 Å². The van der Waals surface area contributed by atoms with Gasteiger partial charge in [-0.05, 0) is 43.2 Å². The molecule has 1 aliphatic rings. The average Bonchev–Trinajstić information content (AvgIpc) is 2.87. The van der Waals surface area contributed by atoms with Gasteiger partial charge in [-0.15, -0.1) is 0 Å². The third kappa shape index (κ3) is 4.19. The fourth-order valence-corrected chi connectivity index (χ4v) is 3.09. The van der Waals surface area contributed by atoms with Gasteiger partial charge in [0.25, 0.3) is 5.91 Å². The van der Waals surface area contributed by atoms with Crippen molar-refractivity contribution < 1.29 is 4.79 Å². The molecule has 6 heteroatoms. The lowest BCUT2D eigenvalue weighted by molar-refractivity contribution is 0.102. The summed E-state index contributed by atoms with van der Waals surface area (Å²) in [5.74, 6) is 0.724. The quantitative estimate of drug-likeness (QED) is 0.832. The highest BCUT2D eigenvalue weighted by molar-refractivity contribution is 6.42. The van der Waals surface area contributed by atoms with E-state index in [4.69, 9.17) is 23.2 Å². The van der Waals surface area contributed by atoms with Crippen molar-refractivity contribution in [1.82, 2.24) is 4.98 Å². The van der Waals surface area contributed by atoms with E-state index in [1.807, 2.05) is 12.1 Å². The second-order valence-corrected chi connectivity index (χ2v) is 6.70. The predicted octanol–water partition coefficient (Wildman–Crippen LogP) is 5.02. The van der Waals surface area contributed by atoms with Crippen LogP contribution in [-0.2, 0) is 0 Å². The van der Waals surface area contributed by atoms with Crippen LogP contribution in [0.15, 0.2) is 36.5 Å². The molecule has 1 N–H and O–H groups in total. The summed E-state index contributed by atoms with van der Waals surface area (Å²) in [6.07, 6.45) is 6.67. The number of carbonyl (C=O) groups is 1. The highest BCUT2D eigenvalue weighted by atomic mass is 35.5. The van der Waals surface area contributed by atoms with Gasteiger partial charge in [0.05, 0.1) is 21.9 Å². The Hall–Kier alpha value is -1.78. The monoisotopic (exact) mass is 363 g/mol. The number of anilines is 2. The molecule has 0 aliphatic carbocycles. The molecule has 24 heavy (non-hydrogen) atoms. The van der Waals surface area contributed by atoms with Crippen LogP contribution in [-0.4, -0.2) is 24.0 Å². The molecule has 2 aromatic rings. The van der Waals surface area contributed by atoms with Gasteiger partial charge in [-0.3, -0.25) is 4.79 Å². The first-order chi connectivity index (χ1) is 11.6. The van der Waals surface area contributed by atoms with E-state index in [2.05, 4.69) is 15.2 Å². The van der Waals surface area contributed by atoms with Gasteiger partial charge in [-0.1, -0.05) is 36.0 Å². The zero-order valence-corrected chi connectivity index (χ0v) is 14.8.